The van der Waals surface area contributed by atoms with Crippen molar-refractivity contribution in [1.82, 2.24) is 24.7 Å². The summed E-state index contributed by atoms with van der Waals surface area (Å²) in [5.41, 5.74) is 1.97. The van der Waals surface area contributed by atoms with E-state index < -0.39 is 59.7 Å². The number of methoxy groups -OCH3 is 1. The van der Waals surface area contributed by atoms with E-state index in [1.54, 1.807) is 5.10 Å². The Balaban J connectivity index is 1.52. The molecule has 2 atom stereocenters. The summed E-state index contributed by atoms with van der Waals surface area (Å²) >= 11 is 0. The maximum atomic E-state index is 14.9. The molecule has 0 aliphatic heterocycles. The van der Waals surface area contributed by atoms with Crippen LogP contribution in [0.4, 0.5) is 27.8 Å². The largest absolute Gasteiger partial charge is 0.491 e. The lowest BCUT2D eigenvalue weighted by atomic mass is 10.1. The van der Waals surface area contributed by atoms with Gasteiger partial charge in [-0.2, -0.15) is 18.3 Å². The van der Waals surface area contributed by atoms with E-state index in [2.05, 4.69) is 15.1 Å². The first-order valence-corrected chi connectivity index (χ1v) is 11.3. The van der Waals surface area contributed by atoms with Crippen LogP contribution in [0.2, 0.25) is 0 Å². The van der Waals surface area contributed by atoms with Crippen LogP contribution in [0.15, 0.2) is 46.4 Å². The third kappa shape index (κ3) is 5.81. The van der Waals surface area contributed by atoms with Crippen LogP contribution in [0.5, 0.6) is 11.5 Å². The van der Waals surface area contributed by atoms with Crippen LogP contribution in [0.1, 0.15) is 18.9 Å². The average Bonchev–Trinajstić information content (AvgIpc) is 2.85. The molecule has 206 valence electrons. The van der Waals surface area contributed by atoms with Crippen LogP contribution in [0.3, 0.4) is 0 Å². The number of nitrogens with zero attached hydrogens (tertiary/aromatic N) is 4. The van der Waals surface area contributed by atoms with Gasteiger partial charge < -0.3 is 19.8 Å². The number of nitrogen functional groups attached to an aromatic ring is 1. The molecule has 0 saturated carbocycles. The third-order valence-electron chi connectivity index (χ3n) is 5.72. The zero-order chi connectivity index (χ0) is 28.5. The first-order valence-electron chi connectivity index (χ1n) is 11.3. The Kier molecular flexibility index (Phi) is 7.51. The quantitative estimate of drug-likeness (QED) is 0.317. The second-order valence-electron chi connectivity index (χ2n) is 8.54. The minimum Gasteiger partial charge on any atom is -0.491 e. The predicted octanol–water partition coefficient (Wildman–Crippen LogP) is 3.49. The highest BCUT2D eigenvalue weighted by atomic mass is 19.4. The summed E-state index contributed by atoms with van der Waals surface area (Å²) in [6.07, 6.45) is -5.02. The second kappa shape index (κ2) is 10.7. The lowest BCUT2D eigenvalue weighted by Gasteiger charge is -2.19. The van der Waals surface area contributed by atoms with Gasteiger partial charge in [0.1, 0.15) is 12.0 Å². The van der Waals surface area contributed by atoms with Crippen molar-refractivity contribution in [3.05, 3.63) is 68.9 Å². The van der Waals surface area contributed by atoms with Gasteiger partial charge in [0.15, 0.2) is 28.7 Å². The summed E-state index contributed by atoms with van der Waals surface area (Å²) in [6.45, 7) is 0.825. The first kappa shape index (κ1) is 27.5. The van der Waals surface area contributed by atoms with Gasteiger partial charge in [-0.1, -0.05) is 0 Å². The summed E-state index contributed by atoms with van der Waals surface area (Å²) < 4.78 is 80.5. The normalized spacial score (nSPS) is 13.3. The molecule has 0 aliphatic rings. The van der Waals surface area contributed by atoms with Crippen molar-refractivity contribution in [2.45, 2.75) is 38.3 Å². The summed E-state index contributed by atoms with van der Waals surface area (Å²) in [7, 11) is 1.37. The van der Waals surface area contributed by atoms with E-state index in [0.717, 1.165) is 10.6 Å². The average molecular weight is 552 g/mol. The fraction of sp³-hybridized carbons (Fsp3) is 0.292. The number of rotatable bonds is 8. The van der Waals surface area contributed by atoms with Crippen molar-refractivity contribution < 1.29 is 31.4 Å². The smallest absolute Gasteiger partial charge is 0.425 e. The standard InChI is InChI=1S/C24H21F5N6O4/c1-11(39-17-9-32-34-22(36)19(17)24(27,28)29)5-13(25)10-35-4-3-12-6-15(16(26)7-14(12)23(35)37)21-31-8-18(38-2)20(30)33-21/h3-4,6-9,11,13H,5,10H2,1-2H3,(H,34,36)(H2,30,31,33)/t11-,13+/m0/s1. The van der Waals surface area contributed by atoms with Gasteiger partial charge in [0.05, 0.1) is 43.1 Å². The highest BCUT2D eigenvalue weighted by Gasteiger charge is 2.38. The van der Waals surface area contributed by atoms with E-state index in [0.29, 0.717) is 11.6 Å². The molecule has 3 N–H and O–H groups in total. The fourth-order valence-electron chi connectivity index (χ4n) is 3.94. The number of hydrogen-bond donors (Lipinski definition) is 2. The van der Waals surface area contributed by atoms with Crippen LogP contribution >= 0.6 is 0 Å². The lowest BCUT2D eigenvalue weighted by Crippen LogP contribution is -2.29. The number of alkyl halides is 4. The number of halogens is 5. The molecule has 39 heavy (non-hydrogen) atoms. The van der Waals surface area contributed by atoms with Gasteiger partial charge >= 0.3 is 6.18 Å². The maximum Gasteiger partial charge on any atom is 0.425 e. The monoisotopic (exact) mass is 552 g/mol. The lowest BCUT2D eigenvalue weighted by molar-refractivity contribution is -0.140. The first-order chi connectivity index (χ1) is 18.4. The van der Waals surface area contributed by atoms with Crippen molar-refractivity contribution in [3.8, 4) is 22.9 Å². The Hall–Kier alpha value is -4.56. The summed E-state index contributed by atoms with van der Waals surface area (Å²) in [6, 6.07) is 3.80. The summed E-state index contributed by atoms with van der Waals surface area (Å²) in [5.74, 6) is -1.48. The number of benzene rings is 1. The van der Waals surface area contributed by atoms with Crippen molar-refractivity contribution in [2.24, 2.45) is 0 Å². The predicted molar refractivity (Wildman–Crippen MR) is 130 cm³/mol. The maximum absolute atomic E-state index is 14.9. The minimum atomic E-state index is -5.01. The van der Waals surface area contributed by atoms with Crippen LogP contribution < -0.4 is 26.3 Å². The Bertz CT molecular complexity index is 1640. The SMILES string of the molecule is COc1cnc(-c2cc3ccn(C[C@H](F)C[C@H](C)Oc4cn[nH]c(=O)c4C(F)(F)F)c(=O)c3cc2F)nc1N. The van der Waals surface area contributed by atoms with E-state index in [9.17, 15) is 31.5 Å². The van der Waals surface area contributed by atoms with E-state index in [-0.39, 0.29) is 28.3 Å². The molecule has 0 spiro atoms. The molecule has 4 aromatic rings. The Morgan fingerprint density at radius 3 is 2.59 bits per heavy atom. The van der Waals surface area contributed by atoms with Crippen LogP contribution in [0, 0.1) is 5.82 Å². The van der Waals surface area contributed by atoms with Crippen LogP contribution in [0.25, 0.3) is 22.2 Å². The molecule has 0 fully saturated rings. The Morgan fingerprint density at radius 1 is 1.18 bits per heavy atom. The fourth-order valence-corrected chi connectivity index (χ4v) is 3.94. The third-order valence-corrected chi connectivity index (χ3v) is 5.72. The molecule has 0 radical (unpaired) electrons. The van der Waals surface area contributed by atoms with E-state index in [1.165, 1.54) is 38.6 Å². The van der Waals surface area contributed by atoms with Crippen LogP contribution in [-0.4, -0.2) is 44.1 Å². The Morgan fingerprint density at radius 2 is 1.92 bits per heavy atom. The molecule has 0 saturated heterocycles. The van der Waals surface area contributed by atoms with Gasteiger partial charge in [0.2, 0.25) is 0 Å². The Labute approximate surface area is 216 Å². The molecular weight excluding hydrogens is 531 g/mol. The molecular formula is C24H21F5N6O4. The number of aromatic nitrogens is 5. The summed E-state index contributed by atoms with van der Waals surface area (Å²) in [4.78, 5) is 32.5. The topological polar surface area (TPSA) is 138 Å². The number of hydrogen-bond acceptors (Lipinski definition) is 8. The van der Waals surface area contributed by atoms with Gasteiger partial charge in [-0.05, 0) is 30.5 Å². The van der Waals surface area contributed by atoms with E-state index in [1.807, 2.05) is 0 Å². The van der Waals surface area contributed by atoms with Crippen molar-refractivity contribution >= 4 is 16.6 Å². The highest BCUT2D eigenvalue weighted by Crippen LogP contribution is 2.33. The van der Waals surface area contributed by atoms with E-state index >= 15 is 0 Å². The number of anilines is 1. The van der Waals surface area contributed by atoms with Gasteiger partial charge in [0, 0.05) is 12.6 Å². The van der Waals surface area contributed by atoms with Crippen molar-refractivity contribution in [1.29, 1.82) is 0 Å². The molecule has 0 aliphatic carbocycles. The molecule has 4 rings (SSSR count). The summed E-state index contributed by atoms with van der Waals surface area (Å²) in [5, 5.41) is 5.26. The molecule has 3 aromatic heterocycles. The number of pyridine rings is 1. The number of nitrogens with one attached hydrogen (secondary N) is 1. The van der Waals surface area contributed by atoms with E-state index in [4.69, 9.17) is 15.2 Å². The van der Waals surface area contributed by atoms with Gasteiger partial charge in [-0.15, -0.1) is 0 Å². The molecule has 3 heterocycles. The van der Waals surface area contributed by atoms with Gasteiger partial charge in [-0.3, -0.25) is 9.59 Å². The number of aromatic amines is 1. The number of nitrogens with two attached hydrogens (primary N) is 1. The zero-order valence-corrected chi connectivity index (χ0v) is 20.4. The van der Waals surface area contributed by atoms with Gasteiger partial charge in [-0.25, -0.2) is 23.8 Å². The van der Waals surface area contributed by atoms with Gasteiger partial charge in [0.25, 0.3) is 11.1 Å². The number of fused-ring (bicyclic) bond motifs is 1. The number of ether oxygens (including phenoxy) is 2. The van der Waals surface area contributed by atoms with Crippen molar-refractivity contribution in [3.63, 3.8) is 0 Å². The van der Waals surface area contributed by atoms with Crippen LogP contribution in [-0.2, 0) is 12.7 Å². The number of H-pyrrole nitrogens is 1. The molecule has 1 aromatic carbocycles. The molecule has 0 unspecified atom stereocenters. The molecule has 0 bridgehead atoms. The molecule has 10 nitrogen and oxygen atoms in total. The molecule has 0 amide bonds. The van der Waals surface area contributed by atoms with Crippen molar-refractivity contribution in [2.75, 3.05) is 12.8 Å². The minimum absolute atomic E-state index is 0.00503. The second-order valence-corrected chi connectivity index (χ2v) is 8.54. The zero-order valence-electron chi connectivity index (χ0n) is 20.4. The molecule has 15 heteroatoms. The highest BCUT2D eigenvalue weighted by molar-refractivity contribution is 5.86.